The van der Waals surface area contributed by atoms with Gasteiger partial charge in [0.2, 0.25) is 11.8 Å². The van der Waals surface area contributed by atoms with Gasteiger partial charge < -0.3 is 20.8 Å². The van der Waals surface area contributed by atoms with Crippen LogP contribution >= 0.6 is 7.60 Å². The number of carbonyl (C=O) groups excluding carboxylic acids is 3. The number of primary amides is 1. The van der Waals surface area contributed by atoms with E-state index in [0.717, 1.165) is 10.9 Å². The van der Waals surface area contributed by atoms with E-state index in [0.29, 0.717) is 0 Å². The summed E-state index contributed by atoms with van der Waals surface area (Å²) >= 11 is 0. The highest BCUT2D eigenvalue weighted by atomic mass is 31.2. The molecular weight excluding hydrogens is 305 g/mol. The van der Waals surface area contributed by atoms with Crippen LogP contribution in [0.4, 0.5) is 0 Å². The van der Waals surface area contributed by atoms with Crippen molar-refractivity contribution in [2.24, 2.45) is 5.73 Å². The number of nitrogens with zero attached hydrogens (tertiary/aromatic N) is 3. The van der Waals surface area contributed by atoms with E-state index in [2.05, 4.69) is 15.6 Å². The minimum Gasteiger partial charge on any atom is -0.369 e. The van der Waals surface area contributed by atoms with E-state index in [1.807, 2.05) is 0 Å². The monoisotopic (exact) mass is 319 g/mol. The van der Waals surface area contributed by atoms with Crippen LogP contribution in [-0.2, 0) is 25.5 Å². The predicted molar refractivity (Wildman–Crippen MR) is 68.1 cm³/mol. The fourth-order valence-corrected chi connectivity index (χ4v) is 1.91. The Hall–Kier alpha value is -2.10. The molecule has 0 unspecified atom stereocenters. The normalized spacial score (nSPS) is 12.7. The first kappa shape index (κ1) is 17.0. The minimum atomic E-state index is -4.56. The summed E-state index contributed by atoms with van der Waals surface area (Å²) in [5.74, 6) is -2.02. The Balaban J connectivity index is 2.88. The Bertz CT molecular complexity index is 608. The summed E-state index contributed by atoms with van der Waals surface area (Å²) in [5.41, 5.74) is 4.34. The van der Waals surface area contributed by atoms with Gasteiger partial charge in [-0.25, -0.2) is 4.68 Å². The Morgan fingerprint density at radius 3 is 2.52 bits per heavy atom. The number of amides is 2. The zero-order valence-electron chi connectivity index (χ0n) is 11.0. The second-order valence-corrected chi connectivity index (χ2v) is 5.75. The molecule has 1 aromatic rings. The van der Waals surface area contributed by atoms with Crippen molar-refractivity contribution < 1.29 is 28.7 Å². The highest BCUT2D eigenvalue weighted by Gasteiger charge is 2.25. The summed E-state index contributed by atoms with van der Waals surface area (Å²) in [4.78, 5) is 51.4. The molecule has 1 atom stereocenters. The molecule has 5 N–H and O–H groups in total. The highest BCUT2D eigenvalue weighted by Crippen LogP contribution is 2.31. The number of nitrogens with one attached hydrogen (secondary N) is 1. The van der Waals surface area contributed by atoms with E-state index >= 15 is 0 Å². The molecule has 1 rings (SSSR count). The smallest absolute Gasteiger partial charge is 0.369 e. The molecule has 21 heavy (non-hydrogen) atoms. The quantitative estimate of drug-likeness (QED) is 0.304. The highest BCUT2D eigenvalue weighted by molar-refractivity contribution is 7.59. The summed E-state index contributed by atoms with van der Waals surface area (Å²) in [6.07, 6.45) is 0.373. The van der Waals surface area contributed by atoms with Crippen LogP contribution in [0, 0.1) is 0 Å². The van der Waals surface area contributed by atoms with Gasteiger partial charge in [0.15, 0.2) is 11.2 Å². The Morgan fingerprint density at radius 2 is 2.10 bits per heavy atom. The molecular formula is C9H14N5O6P. The van der Waals surface area contributed by atoms with Gasteiger partial charge >= 0.3 is 7.60 Å². The Labute approximate surface area is 118 Å². The Kier molecular flexibility index (Phi) is 5.30. The number of hydrogen-bond acceptors (Lipinski definition) is 6. The first-order valence-corrected chi connectivity index (χ1v) is 7.25. The molecule has 0 spiro atoms. The summed E-state index contributed by atoms with van der Waals surface area (Å²) in [5, 5.41) is 9.02. The lowest BCUT2D eigenvalue weighted by atomic mass is 10.1. The molecule has 116 valence electrons. The Morgan fingerprint density at radius 1 is 1.48 bits per heavy atom. The van der Waals surface area contributed by atoms with Crippen LogP contribution < -0.4 is 16.5 Å². The summed E-state index contributed by atoms with van der Waals surface area (Å²) in [7, 11) is -4.56. The summed E-state index contributed by atoms with van der Waals surface area (Å²) < 4.78 is 11.9. The van der Waals surface area contributed by atoms with Crippen molar-refractivity contribution in [1.29, 1.82) is 0 Å². The SMILES string of the molecule is CC(=O)N[C@@H](Cn1cc(P(=O)(O)O)nn1)C(=O)CC(N)=O. The van der Waals surface area contributed by atoms with Crippen LogP contribution in [0.1, 0.15) is 13.3 Å². The first-order chi connectivity index (χ1) is 9.59. The zero-order chi connectivity index (χ0) is 16.2. The maximum Gasteiger partial charge on any atom is 0.377 e. The summed E-state index contributed by atoms with van der Waals surface area (Å²) in [6.45, 7) is 0.936. The maximum absolute atomic E-state index is 11.8. The number of rotatable bonds is 7. The van der Waals surface area contributed by atoms with Gasteiger partial charge in [-0.15, -0.1) is 5.10 Å². The molecule has 0 aliphatic rings. The number of ketones is 1. The summed E-state index contributed by atoms with van der Waals surface area (Å²) in [6, 6.07) is -1.11. The molecule has 0 saturated heterocycles. The van der Waals surface area contributed by atoms with Crippen molar-refractivity contribution >= 4 is 30.6 Å². The van der Waals surface area contributed by atoms with Crippen molar-refractivity contribution in [3.05, 3.63) is 6.20 Å². The molecule has 0 aliphatic carbocycles. The van der Waals surface area contributed by atoms with Crippen LogP contribution in [0.25, 0.3) is 0 Å². The average molecular weight is 319 g/mol. The first-order valence-electron chi connectivity index (χ1n) is 5.64. The molecule has 1 aromatic heterocycles. The molecule has 0 aromatic carbocycles. The maximum atomic E-state index is 11.8. The van der Waals surface area contributed by atoms with Crippen molar-refractivity contribution in [2.45, 2.75) is 25.9 Å². The van der Waals surface area contributed by atoms with Crippen LogP contribution in [0.15, 0.2) is 6.20 Å². The molecule has 2 amide bonds. The van der Waals surface area contributed by atoms with Crippen molar-refractivity contribution in [2.75, 3.05) is 0 Å². The number of hydrogen-bond donors (Lipinski definition) is 4. The number of nitrogens with two attached hydrogens (primary N) is 1. The van der Waals surface area contributed by atoms with E-state index < -0.39 is 43.1 Å². The lowest BCUT2D eigenvalue weighted by Crippen LogP contribution is -2.44. The van der Waals surface area contributed by atoms with Gasteiger partial charge in [0, 0.05) is 6.92 Å². The third-order valence-corrected chi connectivity index (χ3v) is 3.11. The van der Waals surface area contributed by atoms with E-state index in [4.69, 9.17) is 15.5 Å². The van der Waals surface area contributed by atoms with Crippen LogP contribution in [0.3, 0.4) is 0 Å². The molecule has 1 heterocycles. The van der Waals surface area contributed by atoms with Gasteiger partial charge in [-0.2, -0.15) is 0 Å². The van der Waals surface area contributed by atoms with Crippen molar-refractivity contribution in [3.8, 4) is 0 Å². The number of Topliss-reactive ketones (excluding diaryl/α,β-unsaturated/α-hetero) is 1. The largest absolute Gasteiger partial charge is 0.377 e. The van der Waals surface area contributed by atoms with Crippen molar-refractivity contribution in [1.82, 2.24) is 20.3 Å². The molecule has 0 aliphatic heterocycles. The second kappa shape index (κ2) is 6.57. The third kappa shape index (κ3) is 5.42. The van der Waals surface area contributed by atoms with Gasteiger partial charge in [-0.05, 0) is 0 Å². The molecule has 0 fully saturated rings. The molecule has 0 bridgehead atoms. The fraction of sp³-hybridized carbons (Fsp3) is 0.444. The second-order valence-electron chi connectivity index (χ2n) is 4.21. The van der Waals surface area contributed by atoms with E-state index in [1.54, 1.807) is 0 Å². The third-order valence-electron chi connectivity index (χ3n) is 2.31. The van der Waals surface area contributed by atoms with E-state index in [-0.39, 0.29) is 6.54 Å². The van der Waals surface area contributed by atoms with Crippen LogP contribution in [-0.4, -0.2) is 48.4 Å². The molecule has 0 saturated carbocycles. The standard InChI is InChI=1S/C9H14N5O6P/c1-5(15)11-6(7(16)2-8(10)17)3-14-4-9(12-13-14)21(18,19)20/h4,6H,2-3H2,1H3,(H2,10,17)(H,11,15)(H2,18,19,20)/t6-/m0/s1. The van der Waals surface area contributed by atoms with Gasteiger partial charge in [0.05, 0.1) is 19.2 Å². The number of carbonyl (C=O) groups is 3. The van der Waals surface area contributed by atoms with Gasteiger partial charge in [0.25, 0.3) is 0 Å². The van der Waals surface area contributed by atoms with Crippen LogP contribution in [0.5, 0.6) is 0 Å². The van der Waals surface area contributed by atoms with E-state index in [1.165, 1.54) is 6.92 Å². The minimum absolute atomic E-state index is 0.237. The number of aromatic nitrogens is 3. The van der Waals surface area contributed by atoms with Crippen molar-refractivity contribution in [3.63, 3.8) is 0 Å². The fourth-order valence-electron chi connectivity index (χ4n) is 1.47. The van der Waals surface area contributed by atoms with Gasteiger partial charge in [0.1, 0.15) is 6.04 Å². The van der Waals surface area contributed by atoms with Crippen LogP contribution in [0.2, 0.25) is 0 Å². The molecule has 11 nitrogen and oxygen atoms in total. The predicted octanol–water partition coefficient (Wildman–Crippen LogP) is -2.97. The molecule has 12 heteroatoms. The van der Waals surface area contributed by atoms with Gasteiger partial charge in [-0.1, -0.05) is 5.21 Å². The average Bonchev–Trinajstić information content (AvgIpc) is 2.74. The molecule has 0 radical (unpaired) electrons. The van der Waals surface area contributed by atoms with Gasteiger partial charge in [-0.3, -0.25) is 18.9 Å². The van der Waals surface area contributed by atoms with E-state index in [9.17, 15) is 18.9 Å². The lowest BCUT2D eigenvalue weighted by molar-refractivity contribution is -0.131. The lowest BCUT2D eigenvalue weighted by Gasteiger charge is -2.15. The topological polar surface area (TPSA) is 178 Å². The zero-order valence-corrected chi connectivity index (χ0v) is 11.9.